The third-order valence-corrected chi connectivity index (χ3v) is 4.29. The smallest absolute Gasteiger partial charge is 0.162 e. The second-order valence-corrected chi connectivity index (χ2v) is 5.74. The first-order valence-corrected chi connectivity index (χ1v) is 8.12. The van der Waals surface area contributed by atoms with Gasteiger partial charge in [-0.25, -0.2) is 4.98 Å². The topological polar surface area (TPSA) is 87.1 Å². The highest BCUT2D eigenvalue weighted by Crippen LogP contribution is 2.30. The van der Waals surface area contributed by atoms with E-state index in [-0.39, 0.29) is 6.04 Å². The van der Waals surface area contributed by atoms with E-state index < -0.39 is 0 Å². The molecule has 1 fully saturated rings. The van der Waals surface area contributed by atoms with Crippen molar-refractivity contribution < 1.29 is 9.47 Å². The molecule has 0 bridgehead atoms. The minimum Gasteiger partial charge on any atom is -0.493 e. The number of nitrogens with zero attached hydrogens (tertiary/aromatic N) is 4. The number of nitrogens with one attached hydrogen (secondary N) is 1. The van der Waals surface area contributed by atoms with Crippen LogP contribution in [0, 0.1) is 11.3 Å². The summed E-state index contributed by atoms with van der Waals surface area (Å²) in [6.07, 6.45) is 5.02. The predicted octanol–water partition coefficient (Wildman–Crippen LogP) is 2.29. The van der Waals surface area contributed by atoms with Gasteiger partial charge in [0.25, 0.3) is 0 Å². The molecule has 2 heterocycles. The number of H-pyrrole nitrogens is 1. The van der Waals surface area contributed by atoms with E-state index in [4.69, 9.17) is 14.7 Å². The molecular formula is C17H21N5O2. The molecule has 1 saturated heterocycles. The number of benzene rings is 1. The van der Waals surface area contributed by atoms with Gasteiger partial charge in [0, 0.05) is 12.6 Å². The molecule has 0 aliphatic carbocycles. The molecule has 7 heteroatoms. The average molecular weight is 327 g/mol. The Morgan fingerprint density at radius 2 is 2.29 bits per heavy atom. The zero-order valence-electron chi connectivity index (χ0n) is 13.7. The van der Waals surface area contributed by atoms with Crippen molar-refractivity contribution in [1.82, 2.24) is 20.1 Å². The van der Waals surface area contributed by atoms with Crippen molar-refractivity contribution in [2.75, 3.05) is 26.8 Å². The molecule has 1 N–H and O–H groups in total. The predicted molar refractivity (Wildman–Crippen MR) is 87.8 cm³/mol. The number of hydrogen-bond acceptors (Lipinski definition) is 6. The van der Waals surface area contributed by atoms with Crippen LogP contribution in [0.4, 0.5) is 0 Å². The molecule has 24 heavy (non-hydrogen) atoms. The normalized spacial score (nSPS) is 18.1. The largest absolute Gasteiger partial charge is 0.493 e. The van der Waals surface area contributed by atoms with Gasteiger partial charge in [-0.05, 0) is 31.5 Å². The van der Waals surface area contributed by atoms with Gasteiger partial charge in [-0.3, -0.25) is 10.00 Å². The molecule has 1 aliphatic rings. The lowest BCUT2D eigenvalue weighted by Crippen LogP contribution is -2.37. The molecule has 3 rings (SSSR count). The molecule has 1 atom stereocenters. The number of aromatic amines is 1. The van der Waals surface area contributed by atoms with E-state index in [0.29, 0.717) is 23.7 Å². The zero-order chi connectivity index (χ0) is 16.8. The van der Waals surface area contributed by atoms with Gasteiger partial charge < -0.3 is 9.47 Å². The Hall–Kier alpha value is -2.59. The maximum Gasteiger partial charge on any atom is 0.162 e. The molecular weight excluding hydrogens is 306 g/mol. The molecule has 0 saturated carbocycles. The van der Waals surface area contributed by atoms with Crippen LogP contribution in [0.1, 0.15) is 36.7 Å². The fourth-order valence-corrected chi connectivity index (χ4v) is 3.07. The van der Waals surface area contributed by atoms with Crippen LogP contribution in [-0.2, 0) is 0 Å². The Kier molecular flexibility index (Phi) is 5.29. The Balaban J connectivity index is 1.60. The van der Waals surface area contributed by atoms with Crippen molar-refractivity contribution in [2.45, 2.75) is 25.3 Å². The fourth-order valence-electron chi connectivity index (χ4n) is 3.07. The highest BCUT2D eigenvalue weighted by Gasteiger charge is 2.25. The van der Waals surface area contributed by atoms with Crippen LogP contribution in [0.2, 0.25) is 0 Å². The van der Waals surface area contributed by atoms with E-state index in [1.165, 1.54) is 12.8 Å². The maximum absolute atomic E-state index is 8.95. The third-order valence-electron chi connectivity index (χ3n) is 4.29. The van der Waals surface area contributed by atoms with Crippen molar-refractivity contribution in [2.24, 2.45) is 0 Å². The van der Waals surface area contributed by atoms with E-state index in [2.05, 4.69) is 26.2 Å². The first-order valence-electron chi connectivity index (χ1n) is 8.12. The second-order valence-electron chi connectivity index (χ2n) is 5.74. The van der Waals surface area contributed by atoms with Crippen LogP contribution in [0.25, 0.3) is 0 Å². The summed E-state index contributed by atoms with van der Waals surface area (Å²) < 4.78 is 11.2. The van der Waals surface area contributed by atoms with E-state index in [1.807, 2.05) is 0 Å². The van der Waals surface area contributed by atoms with Gasteiger partial charge in [0.1, 0.15) is 18.8 Å². The van der Waals surface area contributed by atoms with Crippen LogP contribution < -0.4 is 9.47 Å². The fraction of sp³-hybridized carbons (Fsp3) is 0.471. The molecule has 0 amide bonds. The summed E-state index contributed by atoms with van der Waals surface area (Å²) >= 11 is 0. The summed E-state index contributed by atoms with van der Waals surface area (Å²) in [7, 11) is 1.58. The zero-order valence-corrected chi connectivity index (χ0v) is 13.7. The number of likely N-dealkylation sites (tertiary alicyclic amines) is 1. The molecule has 1 aromatic carbocycles. The molecule has 1 unspecified atom stereocenters. The van der Waals surface area contributed by atoms with E-state index in [9.17, 15) is 0 Å². The average Bonchev–Trinajstić information content (AvgIpc) is 3.17. The van der Waals surface area contributed by atoms with Crippen molar-refractivity contribution >= 4 is 0 Å². The lowest BCUT2D eigenvalue weighted by molar-refractivity contribution is 0.117. The number of nitriles is 1. The standard InChI is InChI=1S/C17H21N5O2/c1-23-16-10-13(11-18)5-6-15(16)24-9-8-22-7-3-2-4-14(22)17-19-12-20-21-17/h5-6,10,12,14H,2-4,7-9H2,1H3,(H,19,20,21). The SMILES string of the molecule is COc1cc(C#N)ccc1OCCN1CCCCC1c1ncn[nH]1. The molecule has 1 aromatic heterocycles. The summed E-state index contributed by atoms with van der Waals surface area (Å²) in [6, 6.07) is 7.57. The minimum absolute atomic E-state index is 0.271. The van der Waals surface area contributed by atoms with Gasteiger partial charge in [-0.15, -0.1) is 0 Å². The monoisotopic (exact) mass is 327 g/mol. The summed E-state index contributed by atoms with van der Waals surface area (Å²) in [6.45, 7) is 2.38. The number of aromatic nitrogens is 3. The molecule has 1 aliphatic heterocycles. The molecule has 7 nitrogen and oxygen atoms in total. The van der Waals surface area contributed by atoms with E-state index >= 15 is 0 Å². The maximum atomic E-state index is 8.95. The number of hydrogen-bond donors (Lipinski definition) is 1. The second kappa shape index (κ2) is 7.79. The lowest BCUT2D eigenvalue weighted by Gasteiger charge is -2.34. The highest BCUT2D eigenvalue weighted by atomic mass is 16.5. The summed E-state index contributed by atoms with van der Waals surface area (Å²) in [5.74, 6) is 2.16. The van der Waals surface area contributed by atoms with Crippen LogP contribution in [0.3, 0.4) is 0 Å². The summed E-state index contributed by atoms with van der Waals surface area (Å²) in [5.41, 5.74) is 0.556. The van der Waals surface area contributed by atoms with Crippen molar-refractivity contribution in [3.05, 3.63) is 35.9 Å². The Labute approximate surface area is 141 Å². The minimum atomic E-state index is 0.271. The van der Waals surface area contributed by atoms with Crippen LogP contribution >= 0.6 is 0 Å². The Morgan fingerprint density at radius 1 is 1.38 bits per heavy atom. The van der Waals surface area contributed by atoms with Gasteiger partial charge in [0.05, 0.1) is 24.8 Å². The quantitative estimate of drug-likeness (QED) is 0.876. The van der Waals surface area contributed by atoms with Crippen LogP contribution in [0.5, 0.6) is 11.5 Å². The molecule has 126 valence electrons. The first kappa shape index (κ1) is 16.3. The summed E-state index contributed by atoms with van der Waals surface area (Å²) in [4.78, 5) is 6.68. The number of rotatable bonds is 6. The molecule has 0 spiro atoms. The third kappa shape index (κ3) is 3.66. The van der Waals surface area contributed by atoms with Gasteiger partial charge in [0.2, 0.25) is 0 Å². The van der Waals surface area contributed by atoms with Gasteiger partial charge in [-0.1, -0.05) is 6.42 Å². The molecule has 0 radical (unpaired) electrons. The number of piperidine rings is 1. The van der Waals surface area contributed by atoms with Crippen LogP contribution in [0.15, 0.2) is 24.5 Å². The number of methoxy groups -OCH3 is 1. The Morgan fingerprint density at radius 3 is 3.04 bits per heavy atom. The summed E-state index contributed by atoms with van der Waals surface area (Å²) in [5, 5.41) is 15.9. The van der Waals surface area contributed by atoms with Crippen molar-refractivity contribution in [1.29, 1.82) is 5.26 Å². The highest BCUT2D eigenvalue weighted by molar-refractivity contribution is 5.46. The number of ether oxygens (including phenoxy) is 2. The van der Waals surface area contributed by atoms with Crippen molar-refractivity contribution in [3.63, 3.8) is 0 Å². The van der Waals surface area contributed by atoms with Gasteiger partial charge in [-0.2, -0.15) is 10.4 Å². The van der Waals surface area contributed by atoms with E-state index in [1.54, 1.807) is 31.6 Å². The van der Waals surface area contributed by atoms with Crippen molar-refractivity contribution in [3.8, 4) is 17.6 Å². The van der Waals surface area contributed by atoms with Gasteiger partial charge in [0.15, 0.2) is 11.5 Å². The lowest BCUT2D eigenvalue weighted by atomic mass is 10.0. The first-order chi connectivity index (χ1) is 11.8. The Bertz CT molecular complexity index is 696. The van der Waals surface area contributed by atoms with Crippen LogP contribution in [-0.4, -0.2) is 46.9 Å². The van der Waals surface area contributed by atoms with Gasteiger partial charge >= 0.3 is 0 Å². The molecule has 2 aromatic rings. The van der Waals surface area contributed by atoms with E-state index in [0.717, 1.165) is 25.3 Å².